The number of rotatable bonds is 6. The number of nitrogens with one attached hydrogen (secondary N) is 1. The number of hydrogen-bond acceptors (Lipinski definition) is 2. The lowest BCUT2D eigenvalue weighted by molar-refractivity contribution is 0.351. The SMILES string of the molecule is CCCNC(c1ccoc1)C1CCC(CC)C1. The van der Waals surface area contributed by atoms with Crippen LogP contribution in [0.5, 0.6) is 0 Å². The Hall–Kier alpha value is -0.760. The van der Waals surface area contributed by atoms with E-state index in [2.05, 4.69) is 25.2 Å². The summed E-state index contributed by atoms with van der Waals surface area (Å²) in [6.45, 7) is 5.64. The van der Waals surface area contributed by atoms with Crippen LogP contribution >= 0.6 is 0 Å². The van der Waals surface area contributed by atoms with E-state index < -0.39 is 0 Å². The van der Waals surface area contributed by atoms with Crippen molar-refractivity contribution in [1.29, 1.82) is 0 Å². The van der Waals surface area contributed by atoms with Crippen molar-refractivity contribution < 1.29 is 4.42 Å². The molecule has 2 nitrogen and oxygen atoms in total. The van der Waals surface area contributed by atoms with Crippen molar-refractivity contribution in [3.63, 3.8) is 0 Å². The van der Waals surface area contributed by atoms with E-state index in [4.69, 9.17) is 4.42 Å². The van der Waals surface area contributed by atoms with Gasteiger partial charge in [-0.3, -0.25) is 0 Å². The lowest BCUT2D eigenvalue weighted by atomic mass is 9.91. The highest BCUT2D eigenvalue weighted by Crippen LogP contribution is 2.40. The lowest BCUT2D eigenvalue weighted by Gasteiger charge is -2.24. The molecule has 1 aromatic heterocycles. The molecule has 0 bridgehead atoms. The zero-order valence-corrected chi connectivity index (χ0v) is 11.1. The minimum atomic E-state index is 0.505. The first kappa shape index (κ1) is 12.7. The van der Waals surface area contributed by atoms with Gasteiger partial charge in [0.1, 0.15) is 0 Å². The van der Waals surface area contributed by atoms with Gasteiger partial charge in [0, 0.05) is 11.6 Å². The molecule has 1 N–H and O–H groups in total. The van der Waals surface area contributed by atoms with Gasteiger partial charge in [0.05, 0.1) is 12.5 Å². The first-order valence-corrected chi connectivity index (χ1v) is 7.10. The molecule has 3 atom stereocenters. The summed E-state index contributed by atoms with van der Waals surface area (Å²) in [5, 5.41) is 3.70. The summed E-state index contributed by atoms with van der Waals surface area (Å²) in [4.78, 5) is 0. The lowest BCUT2D eigenvalue weighted by Crippen LogP contribution is -2.27. The van der Waals surface area contributed by atoms with Crippen molar-refractivity contribution in [1.82, 2.24) is 5.32 Å². The molecule has 2 rings (SSSR count). The van der Waals surface area contributed by atoms with E-state index in [9.17, 15) is 0 Å². The van der Waals surface area contributed by atoms with E-state index in [1.807, 2.05) is 6.26 Å². The van der Waals surface area contributed by atoms with E-state index >= 15 is 0 Å². The Morgan fingerprint density at radius 1 is 1.41 bits per heavy atom. The topological polar surface area (TPSA) is 25.2 Å². The second-order valence-electron chi connectivity index (χ2n) is 5.34. The Kier molecular flexibility index (Phi) is 4.66. The van der Waals surface area contributed by atoms with Crippen molar-refractivity contribution >= 4 is 0 Å². The van der Waals surface area contributed by atoms with Crippen LogP contribution in [0.2, 0.25) is 0 Å². The highest BCUT2D eigenvalue weighted by atomic mass is 16.3. The van der Waals surface area contributed by atoms with Crippen LogP contribution in [0.4, 0.5) is 0 Å². The summed E-state index contributed by atoms with van der Waals surface area (Å²) in [5.74, 6) is 1.74. The standard InChI is InChI=1S/C15H25NO/c1-3-8-16-15(14-7-9-17-11-14)13-6-5-12(4-2)10-13/h7,9,11-13,15-16H,3-6,8,10H2,1-2H3. The van der Waals surface area contributed by atoms with Gasteiger partial charge >= 0.3 is 0 Å². The van der Waals surface area contributed by atoms with Gasteiger partial charge in [-0.2, -0.15) is 0 Å². The summed E-state index contributed by atoms with van der Waals surface area (Å²) in [6, 6.07) is 2.62. The van der Waals surface area contributed by atoms with Crippen LogP contribution < -0.4 is 5.32 Å². The second kappa shape index (κ2) is 6.25. The Morgan fingerprint density at radius 2 is 2.29 bits per heavy atom. The van der Waals surface area contributed by atoms with E-state index in [-0.39, 0.29) is 0 Å². The quantitative estimate of drug-likeness (QED) is 0.801. The molecule has 0 aromatic carbocycles. The van der Waals surface area contributed by atoms with Crippen molar-refractivity contribution in [2.75, 3.05) is 6.54 Å². The van der Waals surface area contributed by atoms with Crippen molar-refractivity contribution in [3.05, 3.63) is 24.2 Å². The maximum atomic E-state index is 5.25. The van der Waals surface area contributed by atoms with Gasteiger partial charge in [0.15, 0.2) is 0 Å². The molecule has 2 heteroatoms. The largest absolute Gasteiger partial charge is 0.472 e. The number of hydrogen-bond donors (Lipinski definition) is 1. The third kappa shape index (κ3) is 3.12. The Morgan fingerprint density at radius 3 is 2.88 bits per heavy atom. The number of furan rings is 1. The predicted molar refractivity (Wildman–Crippen MR) is 70.9 cm³/mol. The van der Waals surface area contributed by atoms with E-state index in [1.54, 1.807) is 6.26 Å². The highest BCUT2D eigenvalue weighted by molar-refractivity contribution is 5.13. The van der Waals surface area contributed by atoms with Crippen molar-refractivity contribution in [2.45, 2.75) is 52.0 Å². The minimum absolute atomic E-state index is 0.505. The zero-order chi connectivity index (χ0) is 12.1. The highest BCUT2D eigenvalue weighted by Gasteiger charge is 2.30. The maximum absolute atomic E-state index is 5.25. The fourth-order valence-electron chi connectivity index (χ4n) is 3.10. The van der Waals surface area contributed by atoms with Crippen LogP contribution in [0.1, 0.15) is 57.6 Å². The predicted octanol–water partition coefficient (Wildman–Crippen LogP) is 4.15. The molecule has 0 spiro atoms. The fourth-order valence-corrected chi connectivity index (χ4v) is 3.10. The first-order chi connectivity index (χ1) is 8.35. The summed E-state index contributed by atoms with van der Waals surface area (Å²) in [6.07, 6.45) is 10.4. The molecule has 0 amide bonds. The van der Waals surface area contributed by atoms with Crippen LogP contribution in [0.3, 0.4) is 0 Å². The average Bonchev–Trinajstić information content (AvgIpc) is 3.00. The molecule has 1 aliphatic rings. The second-order valence-corrected chi connectivity index (χ2v) is 5.34. The smallest absolute Gasteiger partial charge is 0.0950 e. The van der Waals surface area contributed by atoms with Crippen LogP contribution in [0, 0.1) is 11.8 Å². The Labute approximate surface area is 105 Å². The normalized spacial score (nSPS) is 26.2. The summed E-state index contributed by atoms with van der Waals surface area (Å²) in [5.41, 5.74) is 1.33. The van der Waals surface area contributed by atoms with Gasteiger partial charge in [-0.1, -0.05) is 26.7 Å². The average molecular weight is 235 g/mol. The minimum Gasteiger partial charge on any atom is -0.472 e. The van der Waals surface area contributed by atoms with E-state index in [0.717, 1.165) is 18.4 Å². The van der Waals surface area contributed by atoms with Crippen LogP contribution in [0.15, 0.2) is 23.0 Å². The molecular weight excluding hydrogens is 210 g/mol. The molecule has 0 aliphatic heterocycles. The first-order valence-electron chi connectivity index (χ1n) is 7.10. The fraction of sp³-hybridized carbons (Fsp3) is 0.733. The van der Waals surface area contributed by atoms with Gasteiger partial charge in [-0.05, 0) is 43.7 Å². The Bertz CT molecular complexity index is 307. The summed E-state index contributed by atoms with van der Waals surface area (Å²) in [7, 11) is 0. The van der Waals surface area contributed by atoms with Gasteiger partial charge in [-0.25, -0.2) is 0 Å². The maximum Gasteiger partial charge on any atom is 0.0950 e. The molecule has 0 radical (unpaired) electrons. The van der Waals surface area contributed by atoms with Gasteiger partial charge in [0.2, 0.25) is 0 Å². The molecule has 0 saturated heterocycles. The third-order valence-corrected chi connectivity index (χ3v) is 4.15. The Balaban J connectivity index is 2.00. The summed E-state index contributed by atoms with van der Waals surface area (Å²) < 4.78 is 5.25. The monoisotopic (exact) mass is 235 g/mol. The van der Waals surface area contributed by atoms with Gasteiger partial charge in [-0.15, -0.1) is 0 Å². The molecular formula is C15H25NO. The molecule has 1 fully saturated rings. The molecule has 1 heterocycles. The molecule has 17 heavy (non-hydrogen) atoms. The van der Waals surface area contributed by atoms with Crippen LogP contribution in [-0.4, -0.2) is 6.54 Å². The van der Waals surface area contributed by atoms with E-state index in [0.29, 0.717) is 6.04 Å². The van der Waals surface area contributed by atoms with Crippen LogP contribution in [-0.2, 0) is 0 Å². The molecule has 1 aromatic rings. The van der Waals surface area contributed by atoms with E-state index in [1.165, 1.54) is 37.7 Å². The molecule has 96 valence electrons. The van der Waals surface area contributed by atoms with Crippen molar-refractivity contribution in [2.24, 2.45) is 11.8 Å². The van der Waals surface area contributed by atoms with Gasteiger partial charge in [0.25, 0.3) is 0 Å². The third-order valence-electron chi connectivity index (χ3n) is 4.15. The molecule has 3 unspecified atom stereocenters. The van der Waals surface area contributed by atoms with Crippen LogP contribution in [0.25, 0.3) is 0 Å². The van der Waals surface area contributed by atoms with Crippen molar-refractivity contribution in [3.8, 4) is 0 Å². The molecule has 1 aliphatic carbocycles. The molecule has 1 saturated carbocycles. The zero-order valence-electron chi connectivity index (χ0n) is 11.1. The summed E-state index contributed by atoms with van der Waals surface area (Å²) >= 11 is 0. The van der Waals surface area contributed by atoms with Gasteiger partial charge < -0.3 is 9.73 Å².